The first kappa shape index (κ1) is 23.9. The Bertz CT molecular complexity index is 495. The van der Waals surface area contributed by atoms with Crippen LogP contribution in [0.15, 0.2) is 0 Å². The van der Waals surface area contributed by atoms with Gasteiger partial charge in [-0.25, -0.2) is 0 Å². The summed E-state index contributed by atoms with van der Waals surface area (Å²) >= 11 is 1.63. The molecule has 0 aliphatic carbocycles. The van der Waals surface area contributed by atoms with Gasteiger partial charge >= 0.3 is 0 Å². The molecule has 1 amide bonds. The van der Waals surface area contributed by atoms with E-state index in [1.807, 2.05) is 20.1 Å². The molecule has 0 aromatic heterocycles. The molecule has 2 saturated heterocycles. The van der Waals surface area contributed by atoms with Gasteiger partial charge in [0.1, 0.15) is 24.4 Å². The molecule has 28 heavy (non-hydrogen) atoms. The number of ether oxygens (including phenoxy) is 1. The number of hydrogen-bond acceptors (Lipinski definition) is 7. The predicted octanol–water partition coefficient (Wildman–Crippen LogP) is 0.509. The molecule has 0 spiro atoms. The first-order chi connectivity index (χ1) is 13.3. The molecule has 0 radical (unpaired) electrons. The van der Waals surface area contributed by atoms with Crippen LogP contribution in [-0.4, -0.2) is 82.4 Å². The summed E-state index contributed by atoms with van der Waals surface area (Å²) in [6.45, 7) is 6.91. The zero-order chi connectivity index (χ0) is 20.8. The van der Waals surface area contributed by atoms with Gasteiger partial charge < -0.3 is 30.7 Å². The number of thioether (sulfide) groups is 1. The van der Waals surface area contributed by atoms with Crippen LogP contribution in [0.25, 0.3) is 0 Å². The number of aliphatic hydroxyl groups excluding tert-OH is 3. The van der Waals surface area contributed by atoms with E-state index in [9.17, 15) is 20.1 Å². The van der Waals surface area contributed by atoms with Gasteiger partial charge in [-0.2, -0.15) is 11.8 Å². The van der Waals surface area contributed by atoms with Crippen molar-refractivity contribution in [2.24, 2.45) is 11.8 Å². The quantitative estimate of drug-likeness (QED) is 0.371. The lowest BCUT2D eigenvalue weighted by atomic mass is 9.86. The molecule has 2 fully saturated rings. The molecule has 8 heteroatoms. The Morgan fingerprint density at radius 3 is 2.54 bits per heavy atom. The molecule has 0 aromatic carbocycles. The van der Waals surface area contributed by atoms with Crippen molar-refractivity contribution in [2.45, 2.75) is 89.1 Å². The van der Waals surface area contributed by atoms with Gasteiger partial charge in [0.05, 0.1) is 18.2 Å². The molecule has 7 nitrogen and oxygen atoms in total. The van der Waals surface area contributed by atoms with E-state index < -0.39 is 36.6 Å². The minimum Gasteiger partial charge on any atom is -0.388 e. The van der Waals surface area contributed by atoms with Crippen LogP contribution in [-0.2, 0) is 9.53 Å². The van der Waals surface area contributed by atoms with Crippen molar-refractivity contribution in [2.75, 3.05) is 18.6 Å². The van der Waals surface area contributed by atoms with Crippen molar-refractivity contribution in [3.8, 4) is 0 Å². The second kappa shape index (κ2) is 11.1. The Morgan fingerprint density at radius 2 is 1.93 bits per heavy atom. The summed E-state index contributed by atoms with van der Waals surface area (Å²) in [5, 5.41) is 37.5. The maximum Gasteiger partial charge on any atom is 0.237 e. The first-order valence-electron chi connectivity index (χ1n) is 10.5. The summed E-state index contributed by atoms with van der Waals surface area (Å²) in [6.07, 6.45) is 0.573. The van der Waals surface area contributed by atoms with Crippen molar-refractivity contribution in [3.05, 3.63) is 0 Å². The standard InChI is InChI=1S/C20H38N2O5S/c1-5-6-12-9-13(21-10-12)20(26)22-15(11(2)3)19-18(25)17(24)16(23)14(27-19)7-8-28-4/h11-19,21,23-25H,5-10H2,1-4H3,(H,22,26)/t12-,13?,14+,15+,16-,17+,18+,19+/m0/s1. The van der Waals surface area contributed by atoms with E-state index in [4.69, 9.17) is 4.74 Å². The monoisotopic (exact) mass is 418 g/mol. The molecular weight excluding hydrogens is 380 g/mol. The van der Waals surface area contributed by atoms with Gasteiger partial charge in [-0.1, -0.05) is 27.2 Å². The molecule has 0 aromatic rings. The van der Waals surface area contributed by atoms with E-state index in [2.05, 4.69) is 17.6 Å². The average Bonchev–Trinajstić information content (AvgIpc) is 3.13. The van der Waals surface area contributed by atoms with E-state index in [0.717, 1.165) is 31.6 Å². The number of amides is 1. The van der Waals surface area contributed by atoms with Crippen molar-refractivity contribution in [3.63, 3.8) is 0 Å². The number of nitrogens with one attached hydrogen (secondary N) is 2. The molecule has 2 rings (SSSR count). The largest absolute Gasteiger partial charge is 0.388 e. The predicted molar refractivity (Wildman–Crippen MR) is 111 cm³/mol. The topological polar surface area (TPSA) is 111 Å². The highest BCUT2D eigenvalue weighted by Crippen LogP contribution is 2.28. The fraction of sp³-hybridized carbons (Fsp3) is 0.950. The third-order valence-electron chi connectivity index (χ3n) is 5.97. The summed E-state index contributed by atoms with van der Waals surface area (Å²) in [5.41, 5.74) is 0. The number of carbonyl (C=O) groups excluding carboxylic acids is 1. The normalized spacial score (nSPS) is 37.2. The Kier molecular flexibility index (Phi) is 9.50. The van der Waals surface area contributed by atoms with Gasteiger partial charge in [0.25, 0.3) is 0 Å². The Morgan fingerprint density at radius 1 is 1.21 bits per heavy atom. The van der Waals surface area contributed by atoms with Gasteiger partial charge in [0.2, 0.25) is 5.91 Å². The number of hydrogen-bond donors (Lipinski definition) is 5. The van der Waals surface area contributed by atoms with Crippen molar-refractivity contribution in [1.29, 1.82) is 0 Å². The second-order valence-electron chi connectivity index (χ2n) is 8.52. The molecule has 0 saturated carbocycles. The van der Waals surface area contributed by atoms with Crippen molar-refractivity contribution >= 4 is 17.7 Å². The maximum absolute atomic E-state index is 12.8. The molecule has 0 bridgehead atoms. The SMILES string of the molecule is CCC[C@@H]1CNC(C(=O)N[C@H](C(C)C)[C@H]2O[C@H](CCSC)[C@H](O)[C@@H](O)[C@H]2O)C1. The zero-order valence-electron chi connectivity index (χ0n) is 17.5. The summed E-state index contributed by atoms with van der Waals surface area (Å²) in [4.78, 5) is 12.8. The number of carbonyl (C=O) groups is 1. The maximum atomic E-state index is 12.8. The summed E-state index contributed by atoms with van der Waals surface area (Å²) in [5.74, 6) is 1.21. The molecule has 2 aliphatic heterocycles. The van der Waals surface area contributed by atoms with E-state index in [1.54, 1.807) is 11.8 Å². The summed E-state index contributed by atoms with van der Waals surface area (Å²) < 4.78 is 6.02. The molecule has 5 N–H and O–H groups in total. The molecule has 164 valence electrons. The Hall–Kier alpha value is -0.380. The minimum absolute atomic E-state index is 0.0000785. The van der Waals surface area contributed by atoms with Crippen molar-refractivity contribution in [1.82, 2.24) is 10.6 Å². The lowest BCUT2D eigenvalue weighted by Gasteiger charge is -2.45. The lowest BCUT2D eigenvalue weighted by Crippen LogP contribution is -2.65. The molecular formula is C20H38N2O5S. The Balaban J connectivity index is 2.05. The van der Waals surface area contributed by atoms with E-state index in [1.165, 1.54) is 0 Å². The van der Waals surface area contributed by atoms with Crippen molar-refractivity contribution < 1.29 is 24.9 Å². The van der Waals surface area contributed by atoms with E-state index in [0.29, 0.717) is 12.3 Å². The molecule has 8 atom stereocenters. The first-order valence-corrected chi connectivity index (χ1v) is 11.9. The van der Waals surface area contributed by atoms with Gasteiger partial charge in [-0.3, -0.25) is 4.79 Å². The lowest BCUT2D eigenvalue weighted by molar-refractivity contribution is -0.231. The fourth-order valence-electron chi connectivity index (χ4n) is 4.28. The summed E-state index contributed by atoms with van der Waals surface area (Å²) in [6, 6.07) is -0.685. The highest BCUT2D eigenvalue weighted by atomic mass is 32.2. The average molecular weight is 419 g/mol. The molecule has 2 aliphatic rings. The van der Waals surface area contributed by atoms with Crippen LogP contribution in [0.4, 0.5) is 0 Å². The highest BCUT2D eigenvalue weighted by molar-refractivity contribution is 7.98. The second-order valence-corrected chi connectivity index (χ2v) is 9.51. The molecule has 2 heterocycles. The van der Waals surface area contributed by atoms with Crippen LogP contribution in [0.2, 0.25) is 0 Å². The molecule has 1 unspecified atom stereocenters. The number of rotatable bonds is 9. The van der Waals surface area contributed by atoms with Crippen LogP contribution in [0.3, 0.4) is 0 Å². The highest BCUT2D eigenvalue weighted by Gasteiger charge is 2.47. The summed E-state index contributed by atoms with van der Waals surface area (Å²) in [7, 11) is 0. The van der Waals surface area contributed by atoms with E-state index in [-0.39, 0.29) is 17.9 Å². The van der Waals surface area contributed by atoms with Gasteiger partial charge in [-0.15, -0.1) is 0 Å². The van der Waals surface area contributed by atoms with Crippen LogP contribution in [0.5, 0.6) is 0 Å². The fourth-order valence-corrected chi connectivity index (χ4v) is 4.75. The van der Waals surface area contributed by atoms with Gasteiger partial charge in [0.15, 0.2) is 0 Å². The zero-order valence-corrected chi connectivity index (χ0v) is 18.3. The van der Waals surface area contributed by atoms with Gasteiger partial charge in [-0.05, 0) is 49.7 Å². The van der Waals surface area contributed by atoms with Crippen LogP contribution >= 0.6 is 11.8 Å². The van der Waals surface area contributed by atoms with E-state index >= 15 is 0 Å². The minimum atomic E-state index is -1.29. The Labute approximate surface area is 173 Å². The number of aliphatic hydroxyl groups is 3. The third-order valence-corrected chi connectivity index (χ3v) is 6.62. The van der Waals surface area contributed by atoms with Crippen LogP contribution in [0.1, 0.15) is 46.5 Å². The van der Waals surface area contributed by atoms with Gasteiger partial charge in [0, 0.05) is 0 Å². The van der Waals surface area contributed by atoms with Crippen LogP contribution in [0, 0.1) is 11.8 Å². The smallest absolute Gasteiger partial charge is 0.237 e. The third kappa shape index (κ3) is 5.83. The van der Waals surface area contributed by atoms with Crippen LogP contribution < -0.4 is 10.6 Å².